The molecule has 0 unspecified atom stereocenters. The number of carboxylic acids is 1. The molecule has 4 saturated carbocycles. The predicted molar refractivity (Wildman–Crippen MR) is 142 cm³/mol. The van der Waals surface area contributed by atoms with Gasteiger partial charge in [0.1, 0.15) is 10.9 Å². The number of hydrogen-bond acceptors (Lipinski definition) is 2. The monoisotopic (exact) mass is 544 g/mol. The van der Waals surface area contributed by atoms with Gasteiger partial charge in [-0.3, -0.25) is 0 Å². The Balaban J connectivity index is 0.000000164. The maximum atomic E-state index is 11.1. The summed E-state index contributed by atoms with van der Waals surface area (Å²) in [7, 11) is -0.369. The van der Waals surface area contributed by atoms with Crippen molar-refractivity contribution < 1.29 is 9.90 Å². The second kappa shape index (κ2) is 10.4. The van der Waals surface area contributed by atoms with E-state index < -0.39 is 11.4 Å². The summed E-state index contributed by atoms with van der Waals surface area (Å²) < 4.78 is 0. The van der Waals surface area contributed by atoms with E-state index in [-0.39, 0.29) is 10.9 Å². The highest BCUT2D eigenvalue weighted by atomic mass is 35.5. The minimum absolute atomic E-state index is 0.369. The van der Waals surface area contributed by atoms with Crippen LogP contribution in [0.3, 0.4) is 0 Å². The average Bonchev–Trinajstić information content (AvgIpc) is 2.82. The molecular weight excluding hydrogens is 519 g/mol. The van der Waals surface area contributed by atoms with E-state index in [0.717, 1.165) is 24.2 Å². The van der Waals surface area contributed by atoms with E-state index in [1.54, 1.807) is 12.1 Å². The van der Waals surface area contributed by atoms with Crippen LogP contribution >= 0.6 is 34.8 Å². The predicted octanol–water partition coefficient (Wildman–Crippen LogP) is 7.69. The van der Waals surface area contributed by atoms with E-state index in [2.05, 4.69) is 24.3 Å². The molecule has 4 fully saturated rings. The average molecular weight is 546 g/mol. The topological polar surface area (TPSA) is 40.1 Å². The van der Waals surface area contributed by atoms with Gasteiger partial charge in [-0.25, -0.2) is 0 Å². The number of carbonyl (C=O) groups is 1. The first-order valence-corrected chi connectivity index (χ1v) is 14.4. The summed E-state index contributed by atoms with van der Waals surface area (Å²) in [6, 6.07) is 24.0. The summed E-state index contributed by atoms with van der Waals surface area (Å²) in [5.74, 6) is 1.38. The largest absolute Gasteiger partial charge is 0.550 e. The minimum atomic E-state index is -0.758. The third kappa shape index (κ3) is 5.25. The summed E-state index contributed by atoms with van der Waals surface area (Å²) >= 11 is 19.0. The molecule has 3 aromatic carbocycles. The first-order chi connectivity index (χ1) is 16.8. The van der Waals surface area contributed by atoms with E-state index in [9.17, 15) is 9.90 Å². The Labute approximate surface area is 225 Å². The van der Waals surface area contributed by atoms with Gasteiger partial charge < -0.3 is 9.90 Å². The lowest BCUT2D eigenvalue weighted by molar-refractivity contribution is -0.327. The molecule has 0 saturated heterocycles. The van der Waals surface area contributed by atoms with E-state index >= 15 is 0 Å². The summed E-state index contributed by atoms with van der Waals surface area (Å²) in [4.78, 5) is 14.4. The van der Waals surface area contributed by atoms with Crippen molar-refractivity contribution >= 4 is 51.7 Å². The number of aliphatic carboxylic acids is 1. The maximum absolute atomic E-state index is 11.1. The molecule has 0 aromatic heterocycles. The summed E-state index contributed by atoms with van der Waals surface area (Å²) in [5, 5.41) is 12.9. The Kier molecular flexibility index (Phi) is 7.42. The van der Waals surface area contributed by atoms with Gasteiger partial charge in [0.25, 0.3) is 0 Å². The highest BCUT2D eigenvalue weighted by Crippen LogP contribution is 2.59. The molecular formula is C29H27Cl3O2S. The van der Waals surface area contributed by atoms with E-state index in [0.29, 0.717) is 32.8 Å². The second-order valence-corrected chi connectivity index (χ2v) is 13.3. The van der Waals surface area contributed by atoms with Crippen molar-refractivity contribution in [2.75, 3.05) is 0 Å². The van der Waals surface area contributed by atoms with Crippen LogP contribution in [-0.2, 0) is 15.7 Å². The normalized spacial score (nSPS) is 26.3. The number of hydrogen-bond donors (Lipinski definition) is 0. The fraction of sp³-hybridized carbons (Fsp3) is 0.345. The number of halogens is 3. The molecule has 0 aliphatic heterocycles. The van der Waals surface area contributed by atoms with Crippen molar-refractivity contribution in [1.82, 2.24) is 0 Å². The molecule has 4 aliphatic rings. The molecule has 3 aromatic rings. The smallest absolute Gasteiger partial charge is 0.203 e. The standard InChI is InChI=1S/C18H12Cl3S.C11H16O2/c19-13-11-16(20)18(17(21)12-13)22(14-7-3-1-4-8-14)15-9-5-2-6-10-15;12-10(13)11-4-7-1-8(5-11)3-9(2-7)6-11/h1-12H;7-9H,1-6H2,(H,12,13)/q+1;/p-1. The number of rotatable bonds is 4. The maximum Gasteiger partial charge on any atom is 0.203 e. The van der Waals surface area contributed by atoms with Gasteiger partial charge in [-0.15, -0.1) is 0 Å². The first kappa shape index (κ1) is 25.0. The lowest BCUT2D eigenvalue weighted by atomic mass is 9.49. The molecule has 7 rings (SSSR count). The lowest BCUT2D eigenvalue weighted by Gasteiger charge is -2.57. The highest BCUT2D eigenvalue weighted by Gasteiger charge is 2.51. The van der Waals surface area contributed by atoms with Crippen LogP contribution in [0.5, 0.6) is 0 Å². The van der Waals surface area contributed by atoms with Crippen LogP contribution in [0.15, 0.2) is 87.5 Å². The zero-order chi connectivity index (χ0) is 24.6. The summed E-state index contributed by atoms with van der Waals surface area (Å²) in [6.07, 6.45) is 6.65. The molecule has 0 N–H and O–H groups in total. The second-order valence-electron chi connectivity index (χ2n) is 10.1. The van der Waals surface area contributed by atoms with E-state index in [1.165, 1.54) is 29.1 Å². The van der Waals surface area contributed by atoms with Crippen molar-refractivity contribution in [2.45, 2.75) is 53.2 Å². The van der Waals surface area contributed by atoms with Crippen molar-refractivity contribution in [1.29, 1.82) is 0 Å². The molecule has 0 spiro atoms. The molecule has 0 radical (unpaired) electrons. The minimum Gasteiger partial charge on any atom is -0.550 e. The van der Waals surface area contributed by atoms with Crippen LogP contribution in [0.1, 0.15) is 38.5 Å². The van der Waals surface area contributed by atoms with Crippen LogP contribution in [0, 0.1) is 23.2 Å². The Hall–Kier alpha value is -1.65. The van der Waals surface area contributed by atoms with Crippen molar-refractivity contribution in [3.63, 3.8) is 0 Å². The van der Waals surface area contributed by atoms with Gasteiger partial charge in [0.15, 0.2) is 9.79 Å². The van der Waals surface area contributed by atoms with Crippen LogP contribution in [0.2, 0.25) is 15.1 Å². The Bertz CT molecular complexity index is 1100. The van der Waals surface area contributed by atoms with Gasteiger partial charge in [-0.05, 0) is 92.7 Å². The van der Waals surface area contributed by atoms with Gasteiger partial charge >= 0.3 is 0 Å². The van der Waals surface area contributed by atoms with Crippen LogP contribution < -0.4 is 5.11 Å². The fourth-order valence-electron chi connectivity index (χ4n) is 6.57. The van der Waals surface area contributed by atoms with E-state index in [1.807, 2.05) is 36.4 Å². The zero-order valence-electron chi connectivity index (χ0n) is 19.3. The number of carboxylic acid groups (broad SMARTS) is 1. The molecule has 6 heteroatoms. The molecule has 0 heterocycles. The van der Waals surface area contributed by atoms with Crippen molar-refractivity contribution in [2.24, 2.45) is 23.2 Å². The van der Waals surface area contributed by atoms with Crippen molar-refractivity contribution in [3.05, 3.63) is 87.9 Å². The van der Waals surface area contributed by atoms with Crippen LogP contribution in [0.25, 0.3) is 0 Å². The molecule has 4 bridgehead atoms. The Morgan fingerprint density at radius 3 is 1.51 bits per heavy atom. The molecule has 4 aliphatic carbocycles. The third-order valence-corrected chi connectivity index (χ3v) is 11.0. The van der Waals surface area contributed by atoms with Gasteiger partial charge in [0.05, 0.1) is 10.0 Å². The molecule has 35 heavy (non-hydrogen) atoms. The molecule has 182 valence electrons. The van der Waals surface area contributed by atoms with Gasteiger partial charge in [0.2, 0.25) is 4.90 Å². The van der Waals surface area contributed by atoms with E-state index in [4.69, 9.17) is 34.8 Å². The molecule has 2 nitrogen and oxygen atoms in total. The first-order valence-electron chi connectivity index (χ1n) is 12.0. The zero-order valence-corrected chi connectivity index (χ0v) is 22.3. The van der Waals surface area contributed by atoms with Gasteiger partial charge in [-0.2, -0.15) is 0 Å². The SMILES string of the molecule is Clc1cc(Cl)c([S+](c2ccccc2)c2ccccc2)c(Cl)c1.O=C([O-])C12CC3CC(CC(C3)C1)C2. The lowest BCUT2D eigenvalue weighted by Crippen LogP contribution is -2.54. The summed E-state index contributed by atoms with van der Waals surface area (Å²) in [5.41, 5.74) is -0.394. The Morgan fingerprint density at radius 1 is 0.743 bits per heavy atom. The molecule has 0 amide bonds. The quantitative estimate of drug-likeness (QED) is 0.315. The van der Waals surface area contributed by atoms with Crippen molar-refractivity contribution in [3.8, 4) is 0 Å². The number of benzene rings is 3. The van der Waals surface area contributed by atoms with Crippen LogP contribution in [0.4, 0.5) is 0 Å². The molecule has 0 atom stereocenters. The van der Waals surface area contributed by atoms with Crippen LogP contribution in [-0.4, -0.2) is 5.97 Å². The fourth-order valence-corrected chi connectivity index (χ4v) is 9.96. The Morgan fingerprint density at radius 2 is 1.14 bits per heavy atom. The highest BCUT2D eigenvalue weighted by molar-refractivity contribution is 7.97. The third-order valence-electron chi connectivity index (χ3n) is 7.60. The van der Waals surface area contributed by atoms with Gasteiger partial charge in [0, 0.05) is 16.4 Å². The number of carbonyl (C=O) groups excluding carboxylic acids is 1. The summed E-state index contributed by atoms with van der Waals surface area (Å²) in [6.45, 7) is 0. The van der Waals surface area contributed by atoms with Gasteiger partial charge in [-0.1, -0.05) is 71.2 Å².